The van der Waals surface area contributed by atoms with Gasteiger partial charge in [0.2, 0.25) is 0 Å². The predicted molar refractivity (Wildman–Crippen MR) is 71.1 cm³/mol. The number of rotatable bonds is 1. The highest BCUT2D eigenvalue weighted by molar-refractivity contribution is 5.78. The summed E-state index contributed by atoms with van der Waals surface area (Å²) >= 11 is 0. The Hall–Kier alpha value is -2.87. The molecule has 1 aromatic carbocycles. The second-order valence-electron chi connectivity index (χ2n) is 4.27. The van der Waals surface area contributed by atoms with E-state index >= 15 is 0 Å². The topological polar surface area (TPSA) is 74.5 Å². The van der Waals surface area contributed by atoms with Crippen molar-refractivity contribution in [2.45, 2.75) is 6.92 Å². The minimum Gasteiger partial charge on any atom is -0.305 e. The van der Waals surface area contributed by atoms with E-state index in [0.717, 1.165) is 5.69 Å². The van der Waals surface area contributed by atoms with E-state index in [0.29, 0.717) is 22.3 Å². The molecule has 3 rings (SSSR count). The van der Waals surface area contributed by atoms with Gasteiger partial charge in [0.1, 0.15) is 0 Å². The summed E-state index contributed by atoms with van der Waals surface area (Å²) in [6, 6.07) is 10.8. The van der Waals surface area contributed by atoms with Crippen LogP contribution in [0.25, 0.3) is 16.7 Å². The molecule has 0 saturated carbocycles. The Kier molecular flexibility index (Phi) is 2.43. The highest BCUT2D eigenvalue weighted by Gasteiger charge is 2.09. The van der Waals surface area contributed by atoms with E-state index in [-0.39, 0.29) is 5.69 Å². The highest BCUT2D eigenvalue weighted by Crippen LogP contribution is 2.16. The van der Waals surface area contributed by atoms with Crippen molar-refractivity contribution in [1.29, 1.82) is 5.26 Å². The fourth-order valence-electron chi connectivity index (χ4n) is 2.02. The van der Waals surface area contributed by atoms with Crippen LogP contribution in [0.5, 0.6) is 0 Å². The van der Waals surface area contributed by atoms with Gasteiger partial charge >= 0.3 is 5.69 Å². The molecule has 0 atom stereocenters. The molecule has 5 nitrogen and oxygen atoms in total. The normalized spacial score (nSPS) is 10.5. The molecule has 92 valence electrons. The molecule has 0 aliphatic heterocycles. The minimum absolute atomic E-state index is 0.240. The van der Waals surface area contributed by atoms with E-state index in [4.69, 9.17) is 5.26 Å². The Labute approximate surface area is 108 Å². The molecule has 0 aliphatic carbocycles. The number of aryl methyl sites for hydroxylation is 1. The molecule has 1 N–H and O–H groups in total. The van der Waals surface area contributed by atoms with Crippen LogP contribution in [-0.2, 0) is 0 Å². The Bertz CT molecular complexity index is 850. The van der Waals surface area contributed by atoms with Crippen molar-refractivity contribution in [3.63, 3.8) is 0 Å². The van der Waals surface area contributed by atoms with Crippen molar-refractivity contribution in [2.24, 2.45) is 0 Å². The standard InChI is InChI=1S/C14H10N4O/c1-9-2-4-11(8-16-9)18-13-6-10(7-15)3-5-12(13)17-14(18)19/h2-6,8H,1H3,(H,17,19). The maximum atomic E-state index is 12.0. The number of hydrogen-bond acceptors (Lipinski definition) is 3. The lowest BCUT2D eigenvalue weighted by atomic mass is 10.2. The van der Waals surface area contributed by atoms with Crippen LogP contribution in [0.1, 0.15) is 11.3 Å². The smallest absolute Gasteiger partial charge is 0.305 e. The molecule has 0 bridgehead atoms. The molecule has 0 spiro atoms. The van der Waals surface area contributed by atoms with E-state index in [2.05, 4.69) is 16.0 Å². The monoisotopic (exact) mass is 250 g/mol. The molecule has 3 aromatic rings. The molecule has 0 saturated heterocycles. The van der Waals surface area contributed by atoms with Crippen LogP contribution in [-0.4, -0.2) is 14.5 Å². The van der Waals surface area contributed by atoms with E-state index in [1.807, 2.05) is 19.1 Å². The highest BCUT2D eigenvalue weighted by atomic mass is 16.1. The van der Waals surface area contributed by atoms with E-state index < -0.39 is 0 Å². The third-order valence-corrected chi connectivity index (χ3v) is 2.97. The van der Waals surface area contributed by atoms with Crippen molar-refractivity contribution in [2.75, 3.05) is 0 Å². The second-order valence-corrected chi connectivity index (χ2v) is 4.27. The van der Waals surface area contributed by atoms with Crippen LogP contribution in [0.3, 0.4) is 0 Å². The Morgan fingerprint density at radius 2 is 2.16 bits per heavy atom. The first-order chi connectivity index (χ1) is 9.19. The predicted octanol–water partition coefficient (Wildman–Crippen LogP) is 1.89. The van der Waals surface area contributed by atoms with Gasteiger partial charge in [-0.05, 0) is 37.3 Å². The lowest BCUT2D eigenvalue weighted by molar-refractivity contribution is 0.996. The molecule has 0 aliphatic rings. The first kappa shape index (κ1) is 11.2. The summed E-state index contributed by atoms with van der Waals surface area (Å²) in [5.74, 6) is 0. The molecule has 19 heavy (non-hydrogen) atoms. The zero-order chi connectivity index (χ0) is 13.4. The summed E-state index contributed by atoms with van der Waals surface area (Å²) in [6.07, 6.45) is 1.64. The summed E-state index contributed by atoms with van der Waals surface area (Å²) < 4.78 is 1.52. The van der Waals surface area contributed by atoms with Gasteiger partial charge in [0.05, 0.1) is 34.6 Å². The van der Waals surface area contributed by atoms with Gasteiger partial charge in [0.15, 0.2) is 0 Å². The number of aromatic amines is 1. The lowest BCUT2D eigenvalue weighted by Crippen LogP contribution is -2.14. The van der Waals surface area contributed by atoms with Gasteiger partial charge in [-0.25, -0.2) is 4.79 Å². The SMILES string of the molecule is Cc1ccc(-n2c(=O)[nH]c3ccc(C#N)cc32)cn1. The molecule has 0 amide bonds. The number of fused-ring (bicyclic) bond motifs is 1. The number of benzene rings is 1. The summed E-state index contributed by atoms with van der Waals surface area (Å²) in [4.78, 5) is 19.0. The number of nitriles is 1. The first-order valence-corrected chi connectivity index (χ1v) is 5.77. The Morgan fingerprint density at radius 1 is 1.32 bits per heavy atom. The van der Waals surface area contributed by atoms with Crippen LogP contribution >= 0.6 is 0 Å². The molecular formula is C14H10N4O. The average molecular weight is 250 g/mol. The van der Waals surface area contributed by atoms with Gasteiger partial charge in [-0.1, -0.05) is 0 Å². The van der Waals surface area contributed by atoms with Crippen molar-refractivity contribution >= 4 is 11.0 Å². The number of imidazole rings is 1. The van der Waals surface area contributed by atoms with Gasteiger partial charge in [-0.2, -0.15) is 5.26 Å². The molecule has 0 unspecified atom stereocenters. The van der Waals surface area contributed by atoms with Gasteiger partial charge in [-0.3, -0.25) is 9.55 Å². The van der Waals surface area contributed by atoms with Crippen LogP contribution in [0.4, 0.5) is 0 Å². The van der Waals surface area contributed by atoms with Crippen molar-refractivity contribution in [3.05, 3.63) is 58.3 Å². The maximum Gasteiger partial charge on any atom is 0.331 e. The second kappa shape index (κ2) is 4.10. The third kappa shape index (κ3) is 1.79. The van der Waals surface area contributed by atoms with Crippen molar-refractivity contribution in [3.8, 4) is 11.8 Å². The summed E-state index contributed by atoms with van der Waals surface area (Å²) in [5, 5.41) is 8.94. The van der Waals surface area contributed by atoms with Gasteiger partial charge in [0.25, 0.3) is 0 Å². The van der Waals surface area contributed by atoms with Crippen molar-refractivity contribution in [1.82, 2.24) is 14.5 Å². The molecule has 2 aromatic heterocycles. The molecule has 5 heteroatoms. The fourth-order valence-corrected chi connectivity index (χ4v) is 2.02. The van der Waals surface area contributed by atoms with Crippen molar-refractivity contribution < 1.29 is 0 Å². The van der Waals surface area contributed by atoms with Crippen LogP contribution in [0.15, 0.2) is 41.3 Å². The van der Waals surface area contributed by atoms with Gasteiger partial charge < -0.3 is 4.98 Å². The molecule has 0 fully saturated rings. The summed E-state index contributed by atoms with van der Waals surface area (Å²) in [7, 11) is 0. The molecule has 2 heterocycles. The third-order valence-electron chi connectivity index (χ3n) is 2.97. The first-order valence-electron chi connectivity index (χ1n) is 5.77. The zero-order valence-corrected chi connectivity index (χ0v) is 10.2. The Balaban J connectivity index is 2.34. The van der Waals surface area contributed by atoms with E-state index in [9.17, 15) is 4.79 Å². The molecular weight excluding hydrogens is 240 g/mol. The van der Waals surface area contributed by atoms with E-state index in [1.165, 1.54) is 4.57 Å². The molecule has 0 radical (unpaired) electrons. The number of pyridine rings is 1. The number of nitrogens with zero attached hydrogens (tertiary/aromatic N) is 3. The summed E-state index contributed by atoms with van der Waals surface area (Å²) in [5.41, 5.74) is 3.21. The van der Waals surface area contributed by atoms with Crippen LogP contribution < -0.4 is 5.69 Å². The van der Waals surface area contributed by atoms with Crippen LogP contribution in [0.2, 0.25) is 0 Å². The van der Waals surface area contributed by atoms with Gasteiger partial charge in [0, 0.05) is 5.69 Å². The quantitative estimate of drug-likeness (QED) is 0.716. The zero-order valence-electron chi connectivity index (χ0n) is 10.2. The van der Waals surface area contributed by atoms with E-state index in [1.54, 1.807) is 24.4 Å². The fraction of sp³-hybridized carbons (Fsp3) is 0.0714. The number of H-pyrrole nitrogens is 1. The van der Waals surface area contributed by atoms with Crippen LogP contribution in [0, 0.1) is 18.3 Å². The largest absolute Gasteiger partial charge is 0.331 e. The number of aromatic nitrogens is 3. The average Bonchev–Trinajstić information content (AvgIpc) is 2.75. The number of hydrogen-bond donors (Lipinski definition) is 1. The van der Waals surface area contributed by atoms with Gasteiger partial charge in [-0.15, -0.1) is 0 Å². The number of nitrogens with one attached hydrogen (secondary N) is 1. The lowest BCUT2D eigenvalue weighted by Gasteiger charge is -2.03. The minimum atomic E-state index is -0.240. The summed E-state index contributed by atoms with van der Waals surface area (Å²) in [6.45, 7) is 1.88. The Morgan fingerprint density at radius 3 is 2.84 bits per heavy atom. The maximum absolute atomic E-state index is 12.0.